The van der Waals surface area contributed by atoms with Crippen LogP contribution >= 0.6 is 0 Å². The molecule has 2 bridgehead atoms. The van der Waals surface area contributed by atoms with Gasteiger partial charge >= 0.3 is 5.97 Å². The van der Waals surface area contributed by atoms with Crippen molar-refractivity contribution >= 4 is 5.97 Å². The summed E-state index contributed by atoms with van der Waals surface area (Å²) in [5.41, 5.74) is 0. The van der Waals surface area contributed by atoms with Crippen molar-refractivity contribution in [1.82, 2.24) is 4.90 Å². The lowest BCUT2D eigenvalue weighted by Crippen LogP contribution is -2.51. The highest BCUT2D eigenvalue weighted by molar-refractivity contribution is 5.86. The number of rotatable bonds is 2. The maximum Gasteiger partial charge on any atom is 0.374 e. The molecule has 4 rings (SSSR count). The van der Waals surface area contributed by atoms with Crippen molar-refractivity contribution in [3.63, 3.8) is 0 Å². The molecule has 0 amide bonds. The summed E-state index contributed by atoms with van der Waals surface area (Å²) in [5, 5.41) is 0. The first-order valence-electron chi connectivity index (χ1n) is 5.80. The SMILES string of the molecule is O=C(O[C@@H]1CN2CCC1CC2)c1ccco1. The van der Waals surface area contributed by atoms with Crippen LogP contribution in [0.25, 0.3) is 0 Å². The number of fused-ring (bicyclic) bond motifs is 3. The summed E-state index contributed by atoms with van der Waals surface area (Å²) < 4.78 is 10.5. The molecule has 86 valence electrons. The van der Waals surface area contributed by atoms with Crippen LogP contribution in [-0.4, -0.2) is 36.6 Å². The maximum atomic E-state index is 11.7. The Balaban J connectivity index is 1.65. The summed E-state index contributed by atoms with van der Waals surface area (Å²) in [5.74, 6) is 0.518. The molecule has 0 unspecified atom stereocenters. The normalized spacial score (nSPS) is 32.6. The molecule has 3 fully saturated rings. The molecule has 1 atom stereocenters. The van der Waals surface area contributed by atoms with Crippen molar-refractivity contribution in [2.24, 2.45) is 5.92 Å². The Morgan fingerprint density at radius 3 is 2.81 bits per heavy atom. The second-order valence-electron chi connectivity index (χ2n) is 4.56. The van der Waals surface area contributed by atoms with Gasteiger partial charge in [-0.1, -0.05) is 0 Å². The van der Waals surface area contributed by atoms with Gasteiger partial charge in [-0.15, -0.1) is 0 Å². The zero-order valence-electron chi connectivity index (χ0n) is 9.09. The third-order valence-corrected chi connectivity index (χ3v) is 3.58. The molecule has 1 aromatic heterocycles. The molecule has 4 nitrogen and oxygen atoms in total. The van der Waals surface area contributed by atoms with Gasteiger partial charge in [0, 0.05) is 6.54 Å². The monoisotopic (exact) mass is 221 g/mol. The van der Waals surface area contributed by atoms with E-state index >= 15 is 0 Å². The molecule has 0 N–H and O–H groups in total. The maximum absolute atomic E-state index is 11.7. The van der Waals surface area contributed by atoms with E-state index in [4.69, 9.17) is 9.15 Å². The number of hydrogen-bond donors (Lipinski definition) is 0. The smallest absolute Gasteiger partial charge is 0.374 e. The number of carbonyl (C=O) groups excluding carboxylic acids is 1. The van der Waals surface area contributed by atoms with E-state index < -0.39 is 0 Å². The fourth-order valence-electron chi connectivity index (χ4n) is 2.63. The van der Waals surface area contributed by atoms with Gasteiger partial charge in [0.2, 0.25) is 5.76 Å². The van der Waals surface area contributed by atoms with E-state index in [9.17, 15) is 4.79 Å². The molecule has 0 saturated carbocycles. The molecule has 4 heterocycles. The van der Waals surface area contributed by atoms with Crippen molar-refractivity contribution in [2.75, 3.05) is 19.6 Å². The first kappa shape index (κ1) is 9.90. The van der Waals surface area contributed by atoms with Crippen LogP contribution in [0.2, 0.25) is 0 Å². The van der Waals surface area contributed by atoms with E-state index in [2.05, 4.69) is 4.90 Å². The van der Waals surface area contributed by atoms with Gasteiger partial charge in [0.05, 0.1) is 6.26 Å². The van der Waals surface area contributed by atoms with E-state index in [1.165, 1.54) is 6.26 Å². The lowest BCUT2D eigenvalue weighted by atomic mass is 9.86. The number of esters is 1. The number of carbonyl (C=O) groups is 1. The number of piperidine rings is 3. The number of nitrogens with zero attached hydrogens (tertiary/aromatic N) is 1. The molecule has 4 heteroatoms. The van der Waals surface area contributed by atoms with Crippen LogP contribution in [0.5, 0.6) is 0 Å². The molecule has 0 radical (unpaired) electrons. The van der Waals surface area contributed by atoms with Crippen LogP contribution in [0, 0.1) is 5.92 Å². The summed E-state index contributed by atoms with van der Waals surface area (Å²) in [6, 6.07) is 3.34. The summed E-state index contributed by atoms with van der Waals surface area (Å²) in [7, 11) is 0. The van der Waals surface area contributed by atoms with E-state index in [0.717, 1.165) is 32.5 Å². The highest BCUT2D eigenvalue weighted by Crippen LogP contribution is 2.29. The number of ether oxygens (including phenoxy) is 1. The van der Waals surface area contributed by atoms with Crippen LogP contribution in [0.1, 0.15) is 23.4 Å². The molecule has 3 saturated heterocycles. The third kappa shape index (κ3) is 1.73. The minimum atomic E-state index is -0.330. The Labute approximate surface area is 94.2 Å². The van der Waals surface area contributed by atoms with Crippen LogP contribution in [0.15, 0.2) is 22.8 Å². The molecule has 1 aromatic rings. The fraction of sp³-hybridized carbons (Fsp3) is 0.583. The zero-order chi connectivity index (χ0) is 11.0. The minimum absolute atomic E-state index is 0.0556. The van der Waals surface area contributed by atoms with Gasteiger partial charge < -0.3 is 9.15 Å². The standard InChI is InChI=1S/C12H15NO3/c14-12(10-2-1-7-15-10)16-11-8-13-5-3-9(11)4-6-13/h1-2,7,9,11H,3-6,8H2/t11-/m1/s1. The van der Waals surface area contributed by atoms with Crippen LogP contribution < -0.4 is 0 Å². The summed E-state index contributed by atoms with van der Waals surface area (Å²) in [6.07, 6.45) is 3.85. The van der Waals surface area contributed by atoms with E-state index in [1.54, 1.807) is 12.1 Å². The van der Waals surface area contributed by atoms with Crippen molar-refractivity contribution < 1.29 is 13.9 Å². The second kappa shape index (κ2) is 3.94. The molecule has 3 aliphatic rings. The number of hydrogen-bond acceptors (Lipinski definition) is 4. The predicted octanol–water partition coefficient (Wildman–Crippen LogP) is 1.53. The quantitative estimate of drug-likeness (QED) is 0.710. The van der Waals surface area contributed by atoms with Gasteiger partial charge in [-0.3, -0.25) is 4.90 Å². The van der Waals surface area contributed by atoms with Gasteiger partial charge in [-0.05, 0) is 44.0 Å². The summed E-state index contributed by atoms with van der Waals surface area (Å²) in [6.45, 7) is 3.19. The second-order valence-corrected chi connectivity index (χ2v) is 4.56. The molecular weight excluding hydrogens is 206 g/mol. The van der Waals surface area contributed by atoms with Crippen molar-refractivity contribution in [2.45, 2.75) is 18.9 Å². The predicted molar refractivity (Wildman–Crippen MR) is 57.1 cm³/mol. The van der Waals surface area contributed by atoms with Crippen molar-refractivity contribution in [3.05, 3.63) is 24.2 Å². The first-order chi connectivity index (χ1) is 7.83. The van der Waals surface area contributed by atoms with Crippen LogP contribution in [-0.2, 0) is 4.74 Å². The van der Waals surface area contributed by atoms with Crippen LogP contribution in [0.4, 0.5) is 0 Å². The van der Waals surface area contributed by atoms with Gasteiger partial charge in [0.25, 0.3) is 0 Å². The zero-order valence-corrected chi connectivity index (χ0v) is 9.09. The Hall–Kier alpha value is -1.29. The Bertz CT molecular complexity index is 366. The van der Waals surface area contributed by atoms with Gasteiger partial charge in [0.15, 0.2) is 0 Å². The molecule has 3 aliphatic heterocycles. The summed E-state index contributed by atoms with van der Waals surface area (Å²) in [4.78, 5) is 14.1. The average Bonchev–Trinajstić information content (AvgIpc) is 2.84. The largest absolute Gasteiger partial charge is 0.457 e. The molecule has 0 aromatic carbocycles. The highest BCUT2D eigenvalue weighted by atomic mass is 16.6. The van der Waals surface area contributed by atoms with E-state index in [1.807, 2.05) is 0 Å². The topological polar surface area (TPSA) is 42.7 Å². The van der Waals surface area contributed by atoms with E-state index in [-0.39, 0.29) is 12.1 Å². The van der Waals surface area contributed by atoms with Gasteiger partial charge in [-0.25, -0.2) is 4.79 Å². The molecule has 0 spiro atoms. The fourth-order valence-corrected chi connectivity index (χ4v) is 2.63. The molecular formula is C12H15NO3. The molecule has 16 heavy (non-hydrogen) atoms. The van der Waals surface area contributed by atoms with Crippen molar-refractivity contribution in [3.8, 4) is 0 Å². The Kier molecular flexibility index (Phi) is 2.44. The Morgan fingerprint density at radius 2 is 2.25 bits per heavy atom. The highest BCUT2D eigenvalue weighted by Gasteiger charge is 2.36. The van der Waals surface area contributed by atoms with E-state index in [0.29, 0.717) is 11.7 Å². The van der Waals surface area contributed by atoms with Gasteiger partial charge in [0.1, 0.15) is 6.10 Å². The number of furan rings is 1. The first-order valence-corrected chi connectivity index (χ1v) is 5.80. The Morgan fingerprint density at radius 1 is 1.44 bits per heavy atom. The molecule has 0 aliphatic carbocycles. The minimum Gasteiger partial charge on any atom is -0.457 e. The third-order valence-electron chi connectivity index (χ3n) is 3.58. The lowest BCUT2D eigenvalue weighted by Gasteiger charge is -2.43. The van der Waals surface area contributed by atoms with Crippen molar-refractivity contribution in [1.29, 1.82) is 0 Å². The van der Waals surface area contributed by atoms with Crippen LogP contribution in [0.3, 0.4) is 0 Å². The average molecular weight is 221 g/mol. The summed E-state index contributed by atoms with van der Waals surface area (Å²) >= 11 is 0. The lowest BCUT2D eigenvalue weighted by molar-refractivity contribution is -0.0472. The van der Waals surface area contributed by atoms with Gasteiger partial charge in [-0.2, -0.15) is 0 Å².